The van der Waals surface area contributed by atoms with Gasteiger partial charge in [-0.3, -0.25) is 14.8 Å². The number of H-pyrrole nitrogens is 1. The predicted molar refractivity (Wildman–Crippen MR) is 105 cm³/mol. The van der Waals surface area contributed by atoms with Crippen molar-refractivity contribution in [2.24, 2.45) is 0 Å². The first-order valence-corrected chi connectivity index (χ1v) is 9.21. The second-order valence-corrected chi connectivity index (χ2v) is 6.69. The first-order chi connectivity index (χ1) is 13.7. The van der Waals surface area contributed by atoms with E-state index in [0.29, 0.717) is 11.9 Å². The van der Waals surface area contributed by atoms with Crippen LogP contribution in [0.2, 0.25) is 0 Å². The van der Waals surface area contributed by atoms with Crippen molar-refractivity contribution in [3.05, 3.63) is 59.9 Å². The zero-order valence-electron chi connectivity index (χ0n) is 15.6. The van der Waals surface area contributed by atoms with E-state index in [4.69, 9.17) is 15.6 Å². The third-order valence-electron chi connectivity index (χ3n) is 4.86. The van der Waals surface area contributed by atoms with Crippen LogP contribution in [-0.2, 0) is 17.9 Å². The minimum atomic E-state index is -0.250. The van der Waals surface area contributed by atoms with E-state index in [1.165, 1.54) is 5.56 Å². The summed E-state index contributed by atoms with van der Waals surface area (Å²) >= 11 is 0. The predicted octanol–water partition coefficient (Wildman–Crippen LogP) is 1.71. The summed E-state index contributed by atoms with van der Waals surface area (Å²) in [5.74, 6) is 2.79. The minimum absolute atomic E-state index is 0.250. The summed E-state index contributed by atoms with van der Waals surface area (Å²) in [5, 5.41) is 13.8. The van der Waals surface area contributed by atoms with Gasteiger partial charge in [0.05, 0.1) is 6.54 Å². The van der Waals surface area contributed by atoms with Crippen molar-refractivity contribution in [1.82, 2.24) is 29.6 Å². The van der Waals surface area contributed by atoms with E-state index in [1.54, 1.807) is 0 Å². The molecular formula is C19H25N7O2. The Morgan fingerprint density at radius 1 is 1.21 bits per heavy atom. The number of aromatic amines is 1. The van der Waals surface area contributed by atoms with Crippen LogP contribution in [0, 0.1) is 0 Å². The van der Waals surface area contributed by atoms with Crippen molar-refractivity contribution in [3.63, 3.8) is 0 Å². The van der Waals surface area contributed by atoms with Crippen LogP contribution in [0.15, 0.2) is 42.7 Å². The summed E-state index contributed by atoms with van der Waals surface area (Å²) in [5.41, 5.74) is 6.90. The Hall–Kier alpha value is -3.20. The lowest BCUT2D eigenvalue weighted by Gasteiger charge is -2.30. The quantitative estimate of drug-likeness (QED) is 0.573. The molecule has 0 saturated carbocycles. The van der Waals surface area contributed by atoms with Gasteiger partial charge in [0, 0.05) is 24.9 Å². The highest BCUT2D eigenvalue weighted by atomic mass is 16.3. The molecule has 9 heteroatoms. The zero-order valence-corrected chi connectivity index (χ0v) is 15.6. The van der Waals surface area contributed by atoms with E-state index >= 15 is 0 Å². The molecule has 0 atom stereocenters. The molecule has 0 aliphatic carbocycles. The number of likely N-dealkylation sites (tertiary alicyclic amines) is 1. The van der Waals surface area contributed by atoms with Gasteiger partial charge in [0.25, 0.3) is 6.47 Å². The normalized spacial score (nSPS) is 15.0. The lowest BCUT2D eigenvalue weighted by molar-refractivity contribution is -0.122. The molecule has 148 valence electrons. The number of benzene rings is 1. The topological polar surface area (TPSA) is 126 Å². The summed E-state index contributed by atoms with van der Waals surface area (Å²) in [7, 11) is 0. The summed E-state index contributed by atoms with van der Waals surface area (Å²) in [6.45, 7) is 3.56. The van der Waals surface area contributed by atoms with E-state index in [9.17, 15) is 0 Å². The monoisotopic (exact) mass is 383 g/mol. The number of carboxylic acid groups (broad SMARTS) is 1. The summed E-state index contributed by atoms with van der Waals surface area (Å²) < 4.78 is 2.23. The Morgan fingerprint density at radius 2 is 1.93 bits per heavy atom. The highest BCUT2D eigenvalue weighted by Gasteiger charge is 2.24. The Bertz CT molecular complexity index is 854. The van der Waals surface area contributed by atoms with Gasteiger partial charge in [-0.1, -0.05) is 30.3 Å². The average Bonchev–Trinajstić information content (AvgIpc) is 3.33. The molecule has 0 unspecified atom stereocenters. The number of aromatic nitrogens is 5. The SMILES string of the molecule is Nc1n[nH]c(C2CCN(Cc3nccn3Cc3ccccc3)CC2)n1.O=CO. The van der Waals surface area contributed by atoms with Crippen LogP contribution >= 0.6 is 0 Å². The van der Waals surface area contributed by atoms with Crippen molar-refractivity contribution in [2.75, 3.05) is 18.8 Å². The van der Waals surface area contributed by atoms with E-state index in [-0.39, 0.29) is 6.47 Å². The Labute approximate surface area is 163 Å². The molecule has 28 heavy (non-hydrogen) atoms. The largest absolute Gasteiger partial charge is 0.483 e. The molecule has 3 aromatic rings. The number of rotatable bonds is 5. The number of anilines is 1. The molecule has 4 N–H and O–H groups in total. The van der Waals surface area contributed by atoms with Crippen molar-refractivity contribution < 1.29 is 9.90 Å². The molecule has 1 aromatic carbocycles. The van der Waals surface area contributed by atoms with E-state index in [1.807, 2.05) is 12.3 Å². The lowest BCUT2D eigenvalue weighted by atomic mass is 9.96. The first kappa shape index (κ1) is 19.6. The highest BCUT2D eigenvalue weighted by Crippen LogP contribution is 2.26. The second-order valence-electron chi connectivity index (χ2n) is 6.69. The number of nitrogens with zero attached hydrogens (tertiary/aromatic N) is 5. The number of piperidine rings is 1. The number of nitrogen functional groups attached to an aromatic ring is 1. The Morgan fingerprint density at radius 3 is 2.57 bits per heavy atom. The zero-order chi connectivity index (χ0) is 19.8. The third kappa shape index (κ3) is 5.17. The van der Waals surface area contributed by atoms with Crippen molar-refractivity contribution in [3.8, 4) is 0 Å². The molecule has 0 spiro atoms. The number of hydrogen-bond donors (Lipinski definition) is 3. The fraction of sp³-hybridized carbons (Fsp3) is 0.368. The fourth-order valence-corrected chi connectivity index (χ4v) is 3.45. The molecule has 1 aliphatic rings. The fourth-order valence-electron chi connectivity index (χ4n) is 3.45. The van der Waals surface area contributed by atoms with Gasteiger partial charge in [0.15, 0.2) is 0 Å². The number of nitrogens with two attached hydrogens (primary N) is 1. The maximum atomic E-state index is 8.36. The average molecular weight is 383 g/mol. The number of imidazole rings is 1. The van der Waals surface area contributed by atoms with Crippen LogP contribution in [0.5, 0.6) is 0 Å². The molecule has 1 saturated heterocycles. The first-order valence-electron chi connectivity index (χ1n) is 9.21. The molecule has 0 amide bonds. The van der Waals surface area contributed by atoms with Crippen LogP contribution < -0.4 is 5.73 Å². The number of carbonyl (C=O) groups is 1. The van der Waals surface area contributed by atoms with Crippen molar-refractivity contribution in [2.45, 2.75) is 31.8 Å². The van der Waals surface area contributed by atoms with Gasteiger partial charge in [-0.25, -0.2) is 4.98 Å². The summed E-state index contributed by atoms with van der Waals surface area (Å²) in [4.78, 5) is 19.7. The van der Waals surface area contributed by atoms with E-state index in [2.05, 4.69) is 60.1 Å². The number of hydrogen-bond acceptors (Lipinski definition) is 6. The van der Waals surface area contributed by atoms with Crippen LogP contribution in [0.25, 0.3) is 0 Å². The van der Waals surface area contributed by atoms with Crippen LogP contribution in [0.3, 0.4) is 0 Å². The second kappa shape index (κ2) is 9.65. The highest BCUT2D eigenvalue weighted by molar-refractivity contribution is 5.32. The maximum Gasteiger partial charge on any atom is 0.290 e. The lowest BCUT2D eigenvalue weighted by Crippen LogP contribution is -2.33. The van der Waals surface area contributed by atoms with Gasteiger partial charge >= 0.3 is 0 Å². The van der Waals surface area contributed by atoms with Gasteiger partial charge < -0.3 is 15.4 Å². The molecular weight excluding hydrogens is 358 g/mol. The molecule has 3 heterocycles. The van der Waals surface area contributed by atoms with Crippen molar-refractivity contribution >= 4 is 12.4 Å². The summed E-state index contributed by atoms with van der Waals surface area (Å²) in [6.07, 6.45) is 6.08. The van der Waals surface area contributed by atoms with Gasteiger partial charge in [-0.2, -0.15) is 4.98 Å². The minimum Gasteiger partial charge on any atom is -0.483 e. The molecule has 4 rings (SSSR count). The third-order valence-corrected chi connectivity index (χ3v) is 4.86. The van der Waals surface area contributed by atoms with Gasteiger partial charge in [0.1, 0.15) is 11.6 Å². The molecule has 0 bridgehead atoms. The van der Waals surface area contributed by atoms with Gasteiger partial charge in [-0.05, 0) is 31.5 Å². The standard InChI is InChI=1S/C18H23N7.CH2O2/c19-18-21-17(22-23-18)15-6-9-24(10-7-15)13-16-20-8-11-25(16)12-14-4-2-1-3-5-14;2-1-3/h1-5,8,11,15H,6-7,9-10,12-13H2,(H3,19,21,22,23);1H,(H,2,3). The smallest absolute Gasteiger partial charge is 0.290 e. The van der Waals surface area contributed by atoms with E-state index in [0.717, 1.165) is 50.7 Å². The van der Waals surface area contributed by atoms with E-state index < -0.39 is 0 Å². The molecule has 1 aliphatic heterocycles. The molecule has 2 aromatic heterocycles. The molecule has 1 fully saturated rings. The Balaban J connectivity index is 0.000000706. The Kier molecular flexibility index (Phi) is 6.74. The number of nitrogens with one attached hydrogen (secondary N) is 1. The summed E-state index contributed by atoms with van der Waals surface area (Å²) in [6, 6.07) is 10.5. The molecule has 9 nitrogen and oxygen atoms in total. The van der Waals surface area contributed by atoms with Crippen molar-refractivity contribution in [1.29, 1.82) is 0 Å². The van der Waals surface area contributed by atoms with Crippen LogP contribution in [0.1, 0.15) is 36.0 Å². The maximum absolute atomic E-state index is 8.36. The van der Waals surface area contributed by atoms with Crippen LogP contribution in [0.4, 0.5) is 5.95 Å². The van der Waals surface area contributed by atoms with Gasteiger partial charge in [-0.15, -0.1) is 5.10 Å². The van der Waals surface area contributed by atoms with Gasteiger partial charge in [0.2, 0.25) is 5.95 Å². The van der Waals surface area contributed by atoms with Crippen LogP contribution in [-0.4, -0.2) is 54.3 Å². The molecule has 0 radical (unpaired) electrons.